The number of nitrogens with zero attached hydrogens (tertiary/aromatic N) is 1. The molecule has 1 fully saturated rings. The minimum atomic E-state index is -3.13. The van der Waals surface area contributed by atoms with Crippen molar-refractivity contribution in [1.82, 2.24) is 4.90 Å². The van der Waals surface area contributed by atoms with Crippen molar-refractivity contribution in [1.29, 1.82) is 0 Å². The molecule has 9 heteroatoms. The highest BCUT2D eigenvalue weighted by atomic mass is 32.2. The van der Waals surface area contributed by atoms with Crippen LogP contribution in [-0.2, 0) is 14.6 Å². The molecule has 0 bridgehead atoms. The number of amides is 1. The number of para-hydroxylation sites is 1. The minimum absolute atomic E-state index is 0.0170. The van der Waals surface area contributed by atoms with E-state index >= 15 is 0 Å². The molecule has 1 saturated heterocycles. The van der Waals surface area contributed by atoms with Gasteiger partial charge < -0.3 is 18.8 Å². The normalized spacial score (nSPS) is 17.7. The molecule has 2 aromatic carbocycles. The van der Waals surface area contributed by atoms with Crippen molar-refractivity contribution in [3.63, 3.8) is 0 Å². The zero-order valence-electron chi connectivity index (χ0n) is 20.0. The van der Waals surface area contributed by atoms with Crippen LogP contribution in [-0.4, -0.2) is 49.4 Å². The molecule has 1 aromatic heterocycles. The van der Waals surface area contributed by atoms with Gasteiger partial charge in [0.15, 0.2) is 16.4 Å². The number of benzene rings is 2. The lowest BCUT2D eigenvalue weighted by Gasteiger charge is -2.33. The molecule has 0 radical (unpaired) electrons. The first-order chi connectivity index (χ1) is 16.7. The predicted octanol–water partition coefficient (Wildman–Crippen LogP) is 4.09. The van der Waals surface area contributed by atoms with Gasteiger partial charge in [0.25, 0.3) is 5.91 Å². The van der Waals surface area contributed by atoms with Crippen LogP contribution in [0.3, 0.4) is 0 Å². The van der Waals surface area contributed by atoms with Crippen LogP contribution >= 0.6 is 0 Å². The Kier molecular flexibility index (Phi) is 7.16. The summed E-state index contributed by atoms with van der Waals surface area (Å²) >= 11 is 0. The standard InChI is InChI=1S/C26H29NO7S/c1-4-17(2)27(19-12-13-35(30,31)16-19)24(28)15-32-21-10-11-22-23(14-21)33-18(3)26(25(22)29)34-20-8-6-5-7-9-20/h5-11,14,17,19H,4,12-13,15-16H2,1-3H3/t17-,19+/m1/s1. The average molecular weight is 500 g/mol. The Morgan fingerprint density at radius 2 is 1.91 bits per heavy atom. The van der Waals surface area contributed by atoms with Crippen LogP contribution in [0.25, 0.3) is 11.0 Å². The van der Waals surface area contributed by atoms with E-state index in [1.54, 1.807) is 42.2 Å². The summed E-state index contributed by atoms with van der Waals surface area (Å²) in [6.07, 6.45) is 1.14. The molecular formula is C26H29NO7S. The number of aryl methyl sites for hydroxylation is 1. The Labute approximate surface area is 204 Å². The summed E-state index contributed by atoms with van der Waals surface area (Å²) in [4.78, 5) is 27.7. The van der Waals surface area contributed by atoms with Gasteiger partial charge in [-0.25, -0.2) is 8.42 Å². The molecule has 0 unspecified atom stereocenters. The molecule has 0 spiro atoms. The lowest BCUT2D eigenvalue weighted by Crippen LogP contribution is -2.48. The van der Waals surface area contributed by atoms with Crippen LogP contribution < -0.4 is 14.9 Å². The number of carbonyl (C=O) groups excluding carboxylic acids is 1. The van der Waals surface area contributed by atoms with Gasteiger partial charge in [-0.1, -0.05) is 25.1 Å². The van der Waals surface area contributed by atoms with Gasteiger partial charge in [-0.15, -0.1) is 0 Å². The van der Waals surface area contributed by atoms with E-state index in [1.165, 1.54) is 0 Å². The fraction of sp³-hybridized carbons (Fsp3) is 0.385. The van der Waals surface area contributed by atoms with Crippen LogP contribution in [0, 0.1) is 6.92 Å². The molecule has 0 aliphatic carbocycles. The van der Waals surface area contributed by atoms with Gasteiger partial charge in [-0.05, 0) is 51.0 Å². The van der Waals surface area contributed by atoms with Crippen molar-refractivity contribution in [2.24, 2.45) is 0 Å². The highest BCUT2D eigenvalue weighted by Gasteiger charge is 2.36. The largest absolute Gasteiger partial charge is 0.484 e. The number of fused-ring (bicyclic) bond motifs is 1. The van der Waals surface area contributed by atoms with Crippen molar-refractivity contribution in [3.8, 4) is 17.2 Å². The summed E-state index contributed by atoms with van der Waals surface area (Å²) < 4.78 is 41.2. The number of hydrogen-bond donors (Lipinski definition) is 0. The van der Waals surface area contributed by atoms with Gasteiger partial charge in [-0.2, -0.15) is 0 Å². The lowest BCUT2D eigenvalue weighted by molar-refractivity contribution is -0.137. The molecule has 0 saturated carbocycles. The quantitative estimate of drug-likeness (QED) is 0.460. The third kappa shape index (κ3) is 5.51. The summed E-state index contributed by atoms with van der Waals surface area (Å²) in [5.41, 5.74) is 0.0131. The molecule has 2 atom stereocenters. The molecule has 2 heterocycles. The van der Waals surface area contributed by atoms with E-state index < -0.39 is 9.84 Å². The van der Waals surface area contributed by atoms with E-state index in [0.717, 1.165) is 0 Å². The third-order valence-corrected chi connectivity index (χ3v) is 8.02. The summed E-state index contributed by atoms with van der Waals surface area (Å²) in [5.74, 6) is 1.14. The molecule has 1 aliphatic rings. The Morgan fingerprint density at radius 3 is 2.57 bits per heavy atom. The molecule has 1 amide bonds. The van der Waals surface area contributed by atoms with Gasteiger partial charge in [0.1, 0.15) is 22.8 Å². The lowest BCUT2D eigenvalue weighted by atomic mass is 10.1. The van der Waals surface area contributed by atoms with Crippen LogP contribution in [0.1, 0.15) is 32.4 Å². The molecule has 8 nitrogen and oxygen atoms in total. The van der Waals surface area contributed by atoms with E-state index in [0.29, 0.717) is 41.1 Å². The number of sulfone groups is 1. The smallest absolute Gasteiger partial charge is 0.261 e. The molecule has 4 rings (SSSR count). The fourth-order valence-corrected chi connectivity index (χ4v) is 6.01. The molecule has 0 N–H and O–H groups in total. The Balaban J connectivity index is 1.52. The predicted molar refractivity (Wildman–Crippen MR) is 133 cm³/mol. The number of ether oxygens (including phenoxy) is 2. The fourth-order valence-electron chi connectivity index (χ4n) is 4.30. The number of carbonyl (C=O) groups is 1. The third-order valence-electron chi connectivity index (χ3n) is 6.27. The minimum Gasteiger partial charge on any atom is -0.484 e. The van der Waals surface area contributed by atoms with Crippen LogP contribution in [0.4, 0.5) is 0 Å². The monoisotopic (exact) mass is 499 g/mol. The summed E-state index contributed by atoms with van der Waals surface area (Å²) in [7, 11) is -3.13. The van der Waals surface area contributed by atoms with E-state index in [4.69, 9.17) is 13.9 Å². The molecule has 186 valence electrons. The first-order valence-corrected chi connectivity index (χ1v) is 13.5. The maximum Gasteiger partial charge on any atom is 0.261 e. The zero-order chi connectivity index (χ0) is 25.2. The highest BCUT2D eigenvalue weighted by molar-refractivity contribution is 7.91. The summed E-state index contributed by atoms with van der Waals surface area (Å²) in [5, 5.41) is 0.331. The van der Waals surface area contributed by atoms with Crippen molar-refractivity contribution in [2.75, 3.05) is 18.1 Å². The van der Waals surface area contributed by atoms with Crippen molar-refractivity contribution in [2.45, 2.75) is 45.7 Å². The second-order valence-corrected chi connectivity index (χ2v) is 11.0. The molecule has 35 heavy (non-hydrogen) atoms. The first-order valence-electron chi connectivity index (χ1n) is 11.6. The van der Waals surface area contributed by atoms with Crippen LogP contribution in [0.5, 0.6) is 17.2 Å². The van der Waals surface area contributed by atoms with Gasteiger partial charge in [0.2, 0.25) is 11.2 Å². The van der Waals surface area contributed by atoms with E-state index in [1.807, 2.05) is 32.0 Å². The SMILES string of the molecule is CC[C@@H](C)N(C(=O)COc1ccc2c(=O)c(Oc3ccccc3)c(C)oc2c1)[C@H]1CCS(=O)(=O)C1. The number of hydrogen-bond acceptors (Lipinski definition) is 7. The van der Waals surface area contributed by atoms with Crippen molar-refractivity contribution < 1.29 is 27.1 Å². The van der Waals surface area contributed by atoms with Crippen molar-refractivity contribution in [3.05, 3.63) is 64.5 Å². The van der Waals surface area contributed by atoms with E-state index in [2.05, 4.69) is 0 Å². The van der Waals surface area contributed by atoms with Crippen molar-refractivity contribution >= 4 is 26.7 Å². The Hall–Kier alpha value is -3.33. The molecule has 1 aliphatic heterocycles. The van der Waals surface area contributed by atoms with E-state index in [9.17, 15) is 18.0 Å². The van der Waals surface area contributed by atoms with Crippen LogP contribution in [0.2, 0.25) is 0 Å². The van der Waals surface area contributed by atoms with Gasteiger partial charge in [0, 0.05) is 18.2 Å². The Bertz CT molecular complexity index is 1380. The second-order valence-electron chi connectivity index (χ2n) is 8.79. The van der Waals surface area contributed by atoms with Gasteiger partial charge >= 0.3 is 0 Å². The Morgan fingerprint density at radius 1 is 1.17 bits per heavy atom. The second kappa shape index (κ2) is 10.1. The average Bonchev–Trinajstić information content (AvgIpc) is 3.19. The maximum absolute atomic E-state index is 13.0. The number of rotatable bonds is 8. The summed E-state index contributed by atoms with van der Waals surface area (Å²) in [6, 6.07) is 13.3. The highest BCUT2D eigenvalue weighted by Crippen LogP contribution is 2.27. The molecule has 3 aromatic rings. The maximum atomic E-state index is 13.0. The topological polar surface area (TPSA) is 103 Å². The zero-order valence-corrected chi connectivity index (χ0v) is 20.8. The van der Waals surface area contributed by atoms with Crippen LogP contribution in [0.15, 0.2) is 57.7 Å². The van der Waals surface area contributed by atoms with Gasteiger partial charge in [-0.3, -0.25) is 9.59 Å². The van der Waals surface area contributed by atoms with E-state index in [-0.39, 0.29) is 47.3 Å². The first kappa shape index (κ1) is 24.8. The van der Waals surface area contributed by atoms with Gasteiger partial charge in [0.05, 0.1) is 16.9 Å². The summed E-state index contributed by atoms with van der Waals surface area (Å²) in [6.45, 7) is 5.27. The molecular weight excluding hydrogens is 470 g/mol.